The Balaban J connectivity index is 2.23. The van der Waals surface area contributed by atoms with Crippen molar-refractivity contribution in [2.45, 2.75) is 13.5 Å². The Morgan fingerprint density at radius 1 is 1.41 bits per heavy atom. The van der Waals surface area contributed by atoms with Gasteiger partial charge in [-0.1, -0.05) is 28.2 Å². The lowest BCUT2D eigenvalue weighted by Gasteiger charge is -2.22. The fourth-order valence-corrected chi connectivity index (χ4v) is 2.16. The molecule has 6 heteroatoms. The molecule has 1 aromatic carbocycles. The van der Waals surface area contributed by atoms with Crippen LogP contribution in [-0.2, 0) is 6.54 Å². The third kappa shape index (κ3) is 2.73. The molecular formula is C11H11ClFN3S. The van der Waals surface area contributed by atoms with Crippen LogP contribution in [0.3, 0.4) is 0 Å². The zero-order chi connectivity index (χ0) is 12.3. The third-order valence-corrected chi connectivity index (χ3v) is 3.41. The first-order valence-corrected chi connectivity index (χ1v) is 6.33. The van der Waals surface area contributed by atoms with Crippen LogP contribution in [0.2, 0.25) is 4.34 Å². The van der Waals surface area contributed by atoms with Crippen LogP contribution in [0.1, 0.15) is 12.6 Å². The fraction of sp³-hybridized carbons (Fsp3) is 0.273. The lowest BCUT2D eigenvalue weighted by molar-refractivity contribution is 0.617. The molecule has 0 saturated heterocycles. The Hall–Kier alpha value is -1.20. The largest absolute Gasteiger partial charge is 0.363 e. The van der Waals surface area contributed by atoms with Gasteiger partial charge >= 0.3 is 0 Å². The lowest BCUT2D eigenvalue weighted by Crippen LogP contribution is -2.23. The summed E-state index contributed by atoms with van der Waals surface area (Å²) in [5.74, 6) is -0.242. The number of hydrogen-bond donors (Lipinski definition) is 0. The number of hydrogen-bond acceptors (Lipinski definition) is 4. The first-order chi connectivity index (χ1) is 8.22. The summed E-state index contributed by atoms with van der Waals surface area (Å²) in [6, 6.07) is 6.66. The highest BCUT2D eigenvalue weighted by molar-refractivity contribution is 7.10. The molecule has 0 radical (unpaired) electrons. The van der Waals surface area contributed by atoms with Gasteiger partial charge in [0.1, 0.15) is 15.8 Å². The molecule has 3 nitrogen and oxygen atoms in total. The minimum atomic E-state index is -0.242. The molecule has 0 atom stereocenters. The van der Waals surface area contributed by atoms with Crippen molar-refractivity contribution < 1.29 is 4.39 Å². The second kappa shape index (κ2) is 5.42. The third-order valence-electron chi connectivity index (χ3n) is 2.42. The van der Waals surface area contributed by atoms with Crippen molar-refractivity contribution in [2.75, 3.05) is 11.4 Å². The molecule has 0 fully saturated rings. The topological polar surface area (TPSA) is 29.0 Å². The summed E-state index contributed by atoms with van der Waals surface area (Å²) in [7, 11) is 0. The summed E-state index contributed by atoms with van der Waals surface area (Å²) in [6.45, 7) is 3.10. The quantitative estimate of drug-likeness (QED) is 0.854. The second-order valence-electron chi connectivity index (χ2n) is 3.46. The number of halogens is 2. The van der Waals surface area contributed by atoms with Crippen molar-refractivity contribution >= 4 is 28.8 Å². The summed E-state index contributed by atoms with van der Waals surface area (Å²) in [4.78, 5) is 1.87. The maximum atomic E-state index is 13.6. The molecule has 0 N–H and O–H groups in total. The maximum Gasteiger partial charge on any atom is 0.146 e. The Labute approximate surface area is 108 Å². The van der Waals surface area contributed by atoms with Gasteiger partial charge in [0.15, 0.2) is 0 Å². The predicted molar refractivity (Wildman–Crippen MR) is 68.0 cm³/mol. The number of benzene rings is 1. The summed E-state index contributed by atoms with van der Waals surface area (Å²) < 4.78 is 18.0. The number of rotatable bonds is 4. The van der Waals surface area contributed by atoms with E-state index in [4.69, 9.17) is 11.6 Å². The number of para-hydroxylation sites is 1. The van der Waals surface area contributed by atoms with Gasteiger partial charge in [0.2, 0.25) is 0 Å². The van der Waals surface area contributed by atoms with Gasteiger partial charge in [-0.15, -0.1) is 5.10 Å². The number of anilines is 1. The first-order valence-electron chi connectivity index (χ1n) is 5.18. The highest BCUT2D eigenvalue weighted by Crippen LogP contribution is 2.24. The minimum absolute atomic E-state index is 0.242. The molecule has 17 heavy (non-hydrogen) atoms. The second-order valence-corrected chi connectivity index (χ2v) is 4.82. The van der Waals surface area contributed by atoms with Gasteiger partial charge < -0.3 is 4.90 Å². The Kier molecular flexibility index (Phi) is 3.91. The zero-order valence-corrected chi connectivity index (χ0v) is 10.8. The van der Waals surface area contributed by atoms with E-state index >= 15 is 0 Å². The SMILES string of the molecule is CCN(Cc1nnsc1Cl)c1ccccc1F. The van der Waals surface area contributed by atoms with Crippen molar-refractivity contribution in [3.05, 3.63) is 40.1 Å². The van der Waals surface area contributed by atoms with Crippen LogP contribution in [0, 0.1) is 5.82 Å². The predicted octanol–water partition coefficient (Wildman–Crippen LogP) is 3.36. The van der Waals surface area contributed by atoms with Crippen molar-refractivity contribution in [1.82, 2.24) is 9.59 Å². The van der Waals surface area contributed by atoms with Crippen molar-refractivity contribution in [1.29, 1.82) is 0 Å². The molecule has 0 aliphatic rings. The minimum Gasteiger partial charge on any atom is -0.363 e. The van der Waals surface area contributed by atoms with E-state index in [9.17, 15) is 4.39 Å². The normalized spacial score (nSPS) is 10.5. The van der Waals surface area contributed by atoms with E-state index < -0.39 is 0 Å². The Bertz CT molecular complexity index is 503. The fourth-order valence-electron chi connectivity index (χ4n) is 1.55. The molecule has 0 unspecified atom stereocenters. The molecular weight excluding hydrogens is 261 g/mol. The van der Waals surface area contributed by atoms with E-state index in [1.54, 1.807) is 12.1 Å². The van der Waals surface area contributed by atoms with Gasteiger partial charge in [0.25, 0.3) is 0 Å². The molecule has 1 aromatic heterocycles. The van der Waals surface area contributed by atoms with Gasteiger partial charge in [-0.2, -0.15) is 0 Å². The molecule has 0 spiro atoms. The van der Waals surface area contributed by atoms with E-state index in [0.29, 0.717) is 28.8 Å². The van der Waals surface area contributed by atoms with Crippen molar-refractivity contribution in [3.63, 3.8) is 0 Å². The van der Waals surface area contributed by atoms with Gasteiger partial charge in [-0.05, 0) is 19.1 Å². The lowest BCUT2D eigenvalue weighted by atomic mass is 10.2. The van der Waals surface area contributed by atoms with Gasteiger partial charge in [-0.25, -0.2) is 4.39 Å². The number of nitrogens with zero attached hydrogens (tertiary/aromatic N) is 3. The molecule has 0 saturated carbocycles. The molecule has 0 aliphatic heterocycles. The summed E-state index contributed by atoms with van der Waals surface area (Å²) >= 11 is 7.08. The summed E-state index contributed by atoms with van der Waals surface area (Å²) in [5, 5.41) is 3.93. The van der Waals surface area contributed by atoms with E-state index in [-0.39, 0.29) is 5.82 Å². The first kappa shape index (κ1) is 12.3. The molecule has 0 aliphatic carbocycles. The van der Waals surface area contributed by atoms with Crippen molar-refractivity contribution in [3.8, 4) is 0 Å². The molecule has 2 aromatic rings. The highest BCUT2D eigenvalue weighted by atomic mass is 35.5. The van der Waals surface area contributed by atoms with Crippen LogP contribution in [0.15, 0.2) is 24.3 Å². The van der Waals surface area contributed by atoms with Crippen LogP contribution in [-0.4, -0.2) is 16.1 Å². The Morgan fingerprint density at radius 3 is 2.76 bits per heavy atom. The van der Waals surface area contributed by atoms with E-state index in [2.05, 4.69) is 9.59 Å². The molecule has 2 rings (SSSR count). The van der Waals surface area contributed by atoms with E-state index in [1.807, 2.05) is 17.9 Å². The average Bonchev–Trinajstić information content (AvgIpc) is 2.73. The van der Waals surface area contributed by atoms with Gasteiger partial charge in [0, 0.05) is 18.1 Å². The monoisotopic (exact) mass is 271 g/mol. The van der Waals surface area contributed by atoms with Crippen LogP contribution in [0.25, 0.3) is 0 Å². The molecule has 0 bridgehead atoms. The summed E-state index contributed by atoms with van der Waals surface area (Å²) in [5.41, 5.74) is 1.24. The maximum absolute atomic E-state index is 13.6. The van der Waals surface area contributed by atoms with Crippen LogP contribution < -0.4 is 4.90 Å². The van der Waals surface area contributed by atoms with Gasteiger partial charge in [-0.3, -0.25) is 0 Å². The summed E-state index contributed by atoms with van der Waals surface area (Å²) in [6.07, 6.45) is 0. The average molecular weight is 272 g/mol. The highest BCUT2D eigenvalue weighted by Gasteiger charge is 2.13. The standard InChI is InChI=1S/C11H11ClFN3S/c1-2-16(7-9-11(12)17-15-14-9)10-6-4-3-5-8(10)13/h3-6H,2,7H2,1H3. The van der Waals surface area contributed by atoms with E-state index in [0.717, 1.165) is 11.5 Å². The number of aromatic nitrogens is 2. The Morgan fingerprint density at radius 2 is 2.18 bits per heavy atom. The molecule has 0 amide bonds. The molecule has 1 heterocycles. The molecule has 90 valence electrons. The van der Waals surface area contributed by atoms with E-state index in [1.165, 1.54) is 6.07 Å². The smallest absolute Gasteiger partial charge is 0.146 e. The van der Waals surface area contributed by atoms with Crippen molar-refractivity contribution in [2.24, 2.45) is 0 Å². The van der Waals surface area contributed by atoms with Crippen LogP contribution >= 0.6 is 23.1 Å². The zero-order valence-electron chi connectivity index (χ0n) is 9.23. The van der Waals surface area contributed by atoms with Crippen LogP contribution in [0.5, 0.6) is 0 Å². The van der Waals surface area contributed by atoms with Gasteiger partial charge in [0.05, 0.1) is 12.2 Å². The van der Waals surface area contributed by atoms with Crippen LogP contribution in [0.4, 0.5) is 10.1 Å².